The van der Waals surface area contributed by atoms with Gasteiger partial charge in [-0.1, -0.05) is 0 Å². The van der Waals surface area contributed by atoms with E-state index in [1.807, 2.05) is 0 Å². The number of halogens is 1. The van der Waals surface area contributed by atoms with Gasteiger partial charge in [0.05, 0.1) is 13.5 Å². The number of hydrogen-bond donors (Lipinski definition) is 2. The van der Waals surface area contributed by atoms with Crippen LogP contribution in [0.1, 0.15) is 30.7 Å². The van der Waals surface area contributed by atoms with Crippen molar-refractivity contribution >= 4 is 5.97 Å². The smallest absolute Gasteiger partial charge is 0.303 e. The number of phenolic OH excluding ortho intramolecular Hbond substituents is 1. The molecule has 0 amide bonds. The van der Waals surface area contributed by atoms with Gasteiger partial charge in [0.1, 0.15) is 5.75 Å². The summed E-state index contributed by atoms with van der Waals surface area (Å²) in [7, 11) is 1.42. The monoisotopic (exact) mass is 254 g/mol. The van der Waals surface area contributed by atoms with E-state index in [-0.39, 0.29) is 17.9 Å². The number of phenols is 1. The first-order valence-electron chi connectivity index (χ1n) is 5.81. The summed E-state index contributed by atoms with van der Waals surface area (Å²) in [6.45, 7) is 0. The SMILES string of the molecule is COc1cc(O)c(F)c(C(CC(=O)O)C2CC2)c1. The summed E-state index contributed by atoms with van der Waals surface area (Å²) >= 11 is 0. The van der Waals surface area contributed by atoms with Crippen molar-refractivity contribution in [3.05, 3.63) is 23.5 Å². The van der Waals surface area contributed by atoms with Crippen molar-refractivity contribution in [2.75, 3.05) is 7.11 Å². The van der Waals surface area contributed by atoms with E-state index in [0.717, 1.165) is 12.8 Å². The zero-order valence-electron chi connectivity index (χ0n) is 10.0. The molecule has 0 radical (unpaired) electrons. The maximum atomic E-state index is 13.9. The van der Waals surface area contributed by atoms with E-state index in [2.05, 4.69) is 0 Å². The lowest BCUT2D eigenvalue weighted by atomic mass is 9.90. The molecule has 1 unspecified atom stereocenters. The summed E-state index contributed by atoms with van der Waals surface area (Å²) in [4.78, 5) is 10.8. The molecule has 0 aromatic heterocycles. The molecule has 1 aromatic rings. The molecule has 1 aliphatic carbocycles. The van der Waals surface area contributed by atoms with Crippen LogP contribution in [-0.4, -0.2) is 23.3 Å². The number of aromatic hydroxyl groups is 1. The summed E-state index contributed by atoms with van der Waals surface area (Å²) in [5.41, 5.74) is 0.233. The fourth-order valence-corrected chi connectivity index (χ4v) is 2.21. The van der Waals surface area contributed by atoms with Crippen molar-refractivity contribution < 1.29 is 24.1 Å². The third-order valence-corrected chi connectivity index (χ3v) is 3.28. The maximum absolute atomic E-state index is 13.9. The molecule has 1 aromatic carbocycles. The van der Waals surface area contributed by atoms with Gasteiger partial charge in [-0.3, -0.25) is 4.79 Å². The van der Waals surface area contributed by atoms with Crippen molar-refractivity contribution in [3.8, 4) is 11.5 Å². The molecule has 0 saturated heterocycles. The number of methoxy groups -OCH3 is 1. The molecule has 1 atom stereocenters. The number of benzene rings is 1. The largest absolute Gasteiger partial charge is 0.505 e. The van der Waals surface area contributed by atoms with Gasteiger partial charge in [-0.2, -0.15) is 0 Å². The highest BCUT2D eigenvalue weighted by atomic mass is 19.1. The molecule has 98 valence electrons. The first-order chi connectivity index (χ1) is 8.52. The minimum atomic E-state index is -0.964. The van der Waals surface area contributed by atoms with Gasteiger partial charge in [0.25, 0.3) is 0 Å². The maximum Gasteiger partial charge on any atom is 0.303 e. The van der Waals surface area contributed by atoms with Crippen LogP contribution in [0.15, 0.2) is 12.1 Å². The lowest BCUT2D eigenvalue weighted by Gasteiger charge is -2.17. The van der Waals surface area contributed by atoms with Crippen LogP contribution in [0.5, 0.6) is 11.5 Å². The zero-order valence-corrected chi connectivity index (χ0v) is 10.0. The van der Waals surface area contributed by atoms with Crippen LogP contribution in [0.3, 0.4) is 0 Å². The Kier molecular flexibility index (Phi) is 3.41. The van der Waals surface area contributed by atoms with Gasteiger partial charge < -0.3 is 14.9 Å². The summed E-state index contributed by atoms with van der Waals surface area (Å²) < 4.78 is 18.9. The lowest BCUT2D eigenvalue weighted by Crippen LogP contribution is -2.10. The second-order valence-corrected chi connectivity index (χ2v) is 4.59. The Morgan fingerprint density at radius 3 is 2.72 bits per heavy atom. The van der Waals surface area contributed by atoms with E-state index in [1.165, 1.54) is 19.2 Å². The van der Waals surface area contributed by atoms with E-state index in [9.17, 15) is 14.3 Å². The molecule has 1 saturated carbocycles. The van der Waals surface area contributed by atoms with Gasteiger partial charge >= 0.3 is 5.97 Å². The number of rotatable bonds is 5. The zero-order chi connectivity index (χ0) is 13.3. The highest BCUT2D eigenvalue weighted by Gasteiger charge is 2.36. The van der Waals surface area contributed by atoms with Gasteiger partial charge in [0.15, 0.2) is 11.6 Å². The lowest BCUT2D eigenvalue weighted by molar-refractivity contribution is -0.137. The second-order valence-electron chi connectivity index (χ2n) is 4.59. The number of aliphatic carboxylic acids is 1. The first-order valence-corrected chi connectivity index (χ1v) is 5.81. The quantitative estimate of drug-likeness (QED) is 0.847. The van der Waals surface area contributed by atoms with Gasteiger partial charge in [0, 0.05) is 12.0 Å². The van der Waals surface area contributed by atoms with Crippen molar-refractivity contribution in [2.24, 2.45) is 5.92 Å². The fourth-order valence-electron chi connectivity index (χ4n) is 2.21. The molecule has 0 aliphatic heterocycles. The molecular weight excluding hydrogens is 239 g/mol. The molecule has 0 heterocycles. The number of carboxylic acid groups (broad SMARTS) is 1. The fraction of sp³-hybridized carbons (Fsp3) is 0.462. The molecular formula is C13H15FO4. The summed E-state index contributed by atoms with van der Waals surface area (Å²) in [5, 5.41) is 18.4. The number of ether oxygens (including phenoxy) is 1. The minimum absolute atomic E-state index is 0.131. The van der Waals surface area contributed by atoms with E-state index >= 15 is 0 Å². The normalized spacial score (nSPS) is 16.3. The van der Waals surface area contributed by atoms with Crippen LogP contribution in [-0.2, 0) is 4.79 Å². The Hall–Kier alpha value is -1.78. The Labute approximate surface area is 104 Å². The van der Waals surface area contributed by atoms with Gasteiger partial charge in [-0.15, -0.1) is 0 Å². The molecule has 1 fully saturated rings. The predicted molar refractivity (Wildman–Crippen MR) is 62.3 cm³/mol. The third-order valence-electron chi connectivity index (χ3n) is 3.28. The molecule has 18 heavy (non-hydrogen) atoms. The minimum Gasteiger partial charge on any atom is -0.505 e. The summed E-state index contributed by atoms with van der Waals surface area (Å²) in [6, 6.07) is 2.66. The van der Waals surface area contributed by atoms with Crippen molar-refractivity contribution in [3.63, 3.8) is 0 Å². The van der Waals surface area contributed by atoms with Crippen LogP contribution >= 0.6 is 0 Å². The molecule has 0 bridgehead atoms. The number of carbonyl (C=O) groups is 1. The molecule has 0 spiro atoms. The molecule has 1 aliphatic rings. The highest BCUT2D eigenvalue weighted by molar-refractivity contribution is 5.68. The van der Waals surface area contributed by atoms with Crippen LogP contribution in [0.2, 0.25) is 0 Å². The Morgan fingerprint density at radius 2 is 2.22 bits per heavy atom. The highest BCUT2D eigenvalue weighted by Crippen LogP contribution is 2.46. The molecule has 2 N–H and O–H groups in total. The van der Waals surface area contributed by atoms with Crippen LogP contribution < -0.4 is 4.74 Å². The van der Waals surface area contributed by atoms with Crippen LogP contribution in [0, 0.1) is 11.7 Å². The van der Waals surface area contributed by atoms with Crippen LogP contribution in [0.25, 0.3) is 0 Å². The summed E-state index contributed by atoms with van der Waals surface area (Å²) in [6.07, 6.45) is 1.67. The standard InChI is InChI=1S/C13H15FO4/c1-18-8-4-10(13(14)11(15)5-8)9(6-12(16)17)7-2-3-7/h4-5,7,9,15H,2-3,6H2,1H3,(H,16,17). The van der Waals surface area contributed by atoms with E-state index in [4.69, 9.17) is 9.84 Å². The number of carboxylic acids is 1. The Bertz CT molecular complexity index is 468. The average Bonchev–Trinajstić information content (AvgIpc) is 3.13. The second kappa shape index (κ2) is 4.84. The van der Waals surface area contributed by atoms with E-state index in [0.29, 0.717) is 5.75 Å². The van der Waals surface area contributed by atoms with Gasteiger partial charge in [-0.25, -0.2) is 4.39 Å². The Morgan fingerprint density at radius 1 is 1.56 bits per heavy atom. The topological polar surface area (TPSA) is 66.8 Å². The van der Waals surface area contributed by atoms with E-state index in [1.54, 1.807) is 0 Å². The van der Waals surface area contributed by atoms with Gasteiger partial charge in [0.2, 0.25) is 0 Å². The Balaban J connectivity index is 2.39. The van der Waals surface area contributed by atoms with Gasteiger partial charge in [-0.05, 0) is 30.4 Å². The average molecular weight is 254 g/mol. The predicted octanol–water partition coefficient (Wildman–Crippen LogP) is 2.51. The molecule has 2 rings (SSSR count). The molecule has 5 heteroatoms. The first kappa shape index (κ1) is 12.7. The van der Waals surface area contributed by atoms with Crippen molar-refractivity contribution in [1.29, 1.82) is 0 Å². The van der Waals surface area contributed by atoms with Crippen molar-refractivity contribution in [2.45, 2.75) is 25.2 Å². The van der Waals surface area contributed by atoms with Crippen LogP contribution in [0.4, 0.5) is 4.39 Å². The van der Waals surface area contributed by atoms with Crippen molar-refractivity contribution in [1.82, 2.24) is 0 Å². The third kappa shape index (κ3) is 2.55. The van der Waals surface area contributed by atoms with E-state index < -0.39 is 23.5 Å². The summed E-state index contributed by atoms with van der Waals surface area (Å²) in [5.74, 6) is -2.09. The molecule has 4 nitrogen and oxygen atoms in total. The number of hydrogen-bond acceptors (Lipinski definition) is 3.